The maximum atomic E-state index is 6.15. The summed E-state index contributed by atoms with van der Waals surface area (Å²) in [6.45, 7) is 1.02. The lowest BCUT2D eigenvalue weighted by molar-refractivity contribution is 0.495. The van der Waals surface area contributed by atoms with E-state index in [1.54, 1.807) is 0 Å². The third-order valence-corrected chi connectivity index (χ3v) is 4.53. The van der Waals surface area contributed by atoms with Crippen LogP contribution in [0.15, 0.2) is 48.5 Å². The van der Waals surface area contributed by atoms with Gasteiger partial charge in [-0.05, 0) is 48.7 Å². The Morgan fingerprint density at radius 1 is 1.10 bits per heavy atom. The van der Waals surface area contributed by atoms with Crippen molar-refractivity contribution in [3.05, 3.63) is 70.4 Å². The number of benzene rings is 2. The molecule has 2 nitrogen and oxygen atoms in total. The number of H-pyrrole nitrogens is 1. The monoisotopic (exact) mass is 296 g/mol. The molecule has 21 heavy (non-hydrogen) atoms. The van der Waals surface area contributed by atoms with Crippen LogP contribution in [-0.4, -0.2) is 11.5 Å². The molecule has 0 aliphatic carbocycles. The summed E-state index contributed by atoms with van der Waals surface area (Å²) >= 11 is 6.15. The molecule has 1 unspecified atom stereocenters. The smallest absolute Gasteiger partial charge is 0.0517 e. The van der Waals surface area contributed by atoms with Crippen molar-refractivity contribution in [3.8, 4) is 0 Å². The van der Waals surface area contributed by atoms with Crippen LogP contribution in [0.1, 0.15) is 22.9 Å². The Morgan fingerprint density at radius 2 is 1.95 bits per heavy atom. The van der Waals surface area contributed by atoms with Gasteiger partial charge in [0.25, 0.3) is 0 Å². The second-order valence-electron chi connectivity index (χ2n) is 5.65. The van der Waals surface area contributed by atoms with Crippen molar-refractivity contribution in [1.29, 1.82) is 0 Å². The van der Waals surface area contributed by atoms with Crippen LogP contribution in [0.2, 0.25) is 5.02 Å². The van der Waals surface area contributed by atoms with Gasteiger partial charge in [-0.3, -0.25) is 0 Å². The van der Waals surface area contributed by atoms with E-state index in [1.807, 2.05) is 6.07 Å². The van der Waals surface area contributed by atoms with E-state index in [9.17, 15) is 0 Å². The van der Waals surface area contributed by atoms with Gasteiger partial charge in [0.1, 0.15) is 0 Å². The van der Waals surface area contributed by atoms with E-state index < -0.39 is 0 Å². The van der Waals surface area contributed by atoms with Gasteiger partial charge in [-0.25, -0.2) is 0 Å². The summed E-state index contributed by atoms with van der Waals surface area (Å²) in [5, 5.41) is 5.72. The molecule has 0 saturated heterocycles. The summed E-state index contributed by atoms with van der Waals surface area (Å²) in [4.78, 5) is 3.59. The molecule has 2 aromatic carbocycles. The first kappa shape index (κ1) is 12.9. The molecule has 1 aliphatic rings. The molecule has 1 aromatic heterocycles. The highest BCUT2D eigenvalue weighted by Crippen LogP contribution is 2.32. The number of aromatic amines is 1. The molecular weight excluding hydrogens is 280 g/mol. The average Bonchev–Trinajstić information content (AvgIpc) is 2.88. The van der Waals surface area contributed by atoms with Crippen molar-refractivity contribution in [3.63, 3.8) is 0 Å². The van der Waals surface area contributed by atoms with Gasteiger partial charge in [0.2, 0.25) is 0 Å². The van der Waals surface area contributed by atoms with E-state index in [0.717, 1.165) is 24.4 Å². The second-order valence-corrected chi connectivity index (χ2v) is 6.09. The summed E-state index contributed by atoms with van der Waals surface area (Å²) in [6, 6.07) is 17.1. The van der Waals surface area contributed by atoms with Crippen LogP contribution in [-0.2, 0) is 12.8 Å². The molecule has 0 bridgehead atoms. The Morgan fingerprint density at radius 3 is 2.81 bits per heavy atom. The number of rotatable bonds is 2. The summed E-state index contributed by atoms with van der Waals surface area (Å²) < 4.78 is 0. The predicted molar refractivity (Wildman–Crippen MR) is 87.9 cm³/mol. The molecular formula is C18H17ClN2. The number of hydrogen-bond donors (Lipinski definition) is 2. The summed E-state index contributed by atoms with van der Waals surface area (Å²) in [5.74, 6) is 0. The molecule has 106 valence electrons. The third-order valence-electron chi connectivity index (χ3n) is 4.30. The highest BCUT2D eigenvalue weighted by Gasteiger charge is 2.23. The fraction of sp³-hybridized carbons (Fsp3) is 0.222. The fourth-order valence-electron chi connectivity index (χ4n) is 3.31. The molecule has 3 aromatic rings. The van der Waals surface area contributed by atoms with E-state index in [0.29, 0.717) is 6.04 Å². The zero-order valence-corrected chi connectivity index (χ0v) is 12.5. The van der Waals surface area contributed by atoms with Gasteiger partial charge in [-0.2, -0.15) is 0 Å². The molecule has 2 heterocycles. The van der Waals surface area contributed by atoms with Crippen LogP contribution in [0.5, 0.6) is 0 Å². The Hall–Kier alpha value is -1.77. The van der Waals surface area contributed by atoms with Gasteiger partial charge in [0.05, 0.1) is 6.04 Å². The van der Waals surface area contributed by atoms with Crippen LogP contribution in [0.25, 0.3) is 10.9 Å². The maximum Gasteiger partial charge on any atom is 0.0517 e. The fourth-order valence-corrected chi connectivity index (χ4v) is 3.48. The van der Waals surface area contributed by atoms with E-state index in [-0.39, 0.29) is 0 Å². The Kier molecular flexibility index (Phi) is 3.21. The van der Waals surface area contributed by atoms with Crippen LogP contribution in [0.4, 0.5) is 0 Å². The minimum Gasteiger partial charge on any atom is -0.357 e. The van der Waals surface area contributed by atoms with Crippen LogP contribution in [0.3, 0.4) is 0 Å². The Labute approximate surface area is 129 Å². The quantitative estimate of drug-likeness (QED) is 0.727. The van der Waals surface area contributed by atoms with E-state index in [2.05, 4.69) is 52.8 Å². The highest BCUT2D eigenvalue weighted by molar-refractivity contribution is 6.31. The molecule has 3 heteroatoms. The van der Waals surface area contributed by atoms with Gasteiger partial charge in [-0.1, -0.05) is 41.9 Å². The highest BCUT2D eigenvalue weighted by atomic mass is 35.5. The van der Waals surface area contributed by atoms with Crippen molar-refractivity contribution in [2.24, 2.45) is 0 Å². The van der Waals surface area contributed by atoms with Crippen molar-refractivity contribution < 1.29 is 0 Å². The zero-order chi connectivity index (χ0) is 14.2. The zero-order valence-electron chi connectivity index (χ0n) is 11.7. The lowest BCUT2D eigenvalue weighted by Crippen LogP contribution is -2.31. The molecule has 1 aliphatic heterocycles. The standard InChI is InChI=1S/C18H17ClN2/c19-13-6-7-16-15(11-13)14-8-9-20-17(18(14)21-16)10-12-4-2-1-3-5-12/h1-7,11,17,20-21H,8-10H2. The molecule has 0 spiro atoms. The molecule has 0 fully saturated rings. The van der Waals surface area contributed by atoms with Gasteiger partial charge < -0.3 is 10.3 Å². The van der Waals surface area contributed by atoms with E-state index in [1.165, 1.54) is 27.7 Å². The minimum atomic E-state index is 0.349. The number of aromatic nitrogens is 1. The molecule has 1 atom stereocenters. The van der Waals surface area contributed by atoms with Crippen LogP contribution in [0, 0.1) is 0 Å². The largest absolute Gasteiger partial charge is 0.357 e. The normalized spacial score (nSPS) is 17.9. The van der Waals surface area contributed by atoms with E-state index >= 15 is 0 Å². The van der Waals surface area contributed by atoms with Crippen molar-refractivity contribution in [2.45, 2.75) is 18.9 Å². The van der Waals surface area contributed by atoms with Crippen molar-refractivity contribution in [1.82, 2.24) is 10.3 Å². The minimum absolute atomic E-state index is 0.349. The van der Waals surface area contributed by atoms with Gasteiger partial charge in [0.15, 0.2) is 0 Å². The third kappa shape index (κ3) is 2.35. The Balaban J connectivity index is 1.76. The number of hydrogen-bond acceptors (Lipinski definition) is 1. The maximum absolute atomic E-state index is 6.15. The van der Waals surface area contributed by atoms with Gasteiger partial charge in [-0.15, -0.1) is 0 Å². The van der Waals surface area contributed by atoms with Crippen molar-refractivity contribution in [2.75, 3.05) is 6.54 Å². The van der Waals surface area contributed by atoms with Crippen LogP contribution >= 0.6 is 11.6 Å². The topological polar surface area (TPSA) is 27.8 Å². The van der Waals surface area contributed by atoms with Crippen LogP contribution < -0.4 is 5.32 Å². The Bertz CT molecular complexity index is 777. The van der Waals surface area contributed by atoms with Crippen molar-refractivity contribution >= 4 is 22.5 Å². The SMILES string of the molecule is Clc1ccc2[nH]c3c(c2c1)CCNC3Cc1ccccc1. The first-order valence-corrected chi connectivity index (χ1v) is 7.76. The number of halogens is 1. The molecule has 4 rings (SSSR count). The number of fused-ring (bicyclic) bond motifs is 3. The first-order chi connectivity index (χ1) is 10.3. The van der Waals surface area contributed by atoms with Gasteiger partial charge >= 0.3 is 0 Å². The summed E-state index contributed by atoms with van der Waals surface area (Å²) in [7, 11) is 0. The number of nitrogens with one attached hydrogen (secondary N) is 2. The molecule has 0 amide bonds. The van der Waals surface area contributed by atoms with Gasteiger partial charge in [0, 0.05) is 21.6 Å². The molecule has 0 radical (unpaired) electrons. The first-order valence-electron chi connectivity index (χ1n) is 7.38. The summed E-state index contributed by atoms with van der Waals surface area (Å²) in [6.07, 6.45) is 2.06. The predicted octanol–water partition coefficient (Wildman–Crippen LogP) is 4.25. The lowest BCUT2D eigenvalue weighted by Gasteiger charge is -2.24. The summed E-state index contributed by atoms with van der Waals surface area (Å²) in [5.41, 5.74) is 5.29. The molecule has 2 N–H and O–H groups in total. The average molecular weight is 297 g/mol. The second kappa shape index (κ2) is 5.21. The molecule has 0 saturated carbocycles. The van der Waals surface area contributed by atoms with E-state index in [4.69, 9.17) is 11.6 Å². The lowest BCUT2D eigenvalue weighted by atomic mass is 9.95.